The SMILES string of the molecule is Cc1ccccc1C(=O)O.[Tb]. The molecule has 0 aliphatic rings. The predicted octanol–water partition coefficient (Wildman–Crippen LogP) is 1.69. The molecule has 0 aliphatic carbocycles. The third-order valence-corrected chi connectivity index (χ3v) is 1.38. The van der Waals surface area contributed by atoms with Crippen LogP contribution in [0.25, 0.3) is 0 Å². The van der Waals surface area contributed by atoms with Crippen LogP contribution in [0.1, 0.15) is 15.9 Å². The second-order valence-corrected chi connectivity index (χ2v) is 2.12. The van der Waals surface area contributed by atoms with Crippen LogP contribution in [0.15, 0.2) is 24.3 Å². The Bertz CT molecular complexity index is 258. The van der Waals surface area contributed by atoms with E-state index in [9.17, 15) is 4.79 Å². The molecule has 1 radical (unpaired) electrons. The average Bonchev–Trinajstić information content (AvgIpc) is 1.88. The number of aromatic carboxylic acids is 1. The van der Waals surface area contributed by atoms with Crippen LogP contribution in [0.5, 0.6) is 0 Å². The van der Waals surface area contributed by atoms with Crippen molar-refractivity contribution in [1.29, 1.82) is 0 Å². The van der Waals surface area contributed by atoms with Crippen LogP contribution in [0.3, 0.4) is 0 Å². The van der Waals surface area contributed by atoms with Crippen molar-refractivity contribution in [3.63, 3.8) is 0 Å². The van der Waals surface area contributed by atoms with Crippen molar-refractivity contribution in [3.05, 3.63) is 35.4 Å². The first-order chi connectivity index (χ1) is 4.72. The Morgan fingerprint density at radius 2 is 1.91 bits per heavy atom. The number of carboxylic acids is 1. The summed E-state index contributed by atoms with van der Waals surface area (Å²) in [7, 11) is 0. The van der Waals surface area contributed by atoms with Gasteiger partial charge in [-0.05, 0) is 18.6 Å². The second-order valence-electron chi connectivity index (χ2n) is 2.12. The summed E-state index contributed by atoms with van der Waals surface area (Å²) in [5, 5.41) is 8.57. The molecular weight excluding hydrogens is 287 g/mol. The Morgan fingerprint density at radius 3 is 2.27 bits per heavy atom. The fourth-order valence-corrected chi connectivity index (χ4v) is 0.813. The molecule has 0 aromatic heterocycles. The van der Waals surface area contributed by atoms with Gasteiger partial charge in [-0.25, -0.2) is 4.79 Å². The molecule has 0 heterocycles. The zero-order chi connectivity index (χ0) is 7.56. The zero-order valence-corrected chi connectivity index (χ0v) is 8.14. The van der Waals surface area contributed by atoms with Gasteiger partial charge in [0.15, 0.2) is 0 Å². The molecule has 0 aliphatic heterocycles. The Hall–Kier alpha value is -0.0243. The first-order valence-electron chi connectivity index (χ1n) is 3.01. The van der Waals surface area contributed by atoms with Gasteiger partial charge in [0.05, 0.1) is 5.56 Å². The third kappa shape index (κ3) is 2.83. The maximum Gasteiger partial charge on any atom is 0.335 e. The first-order valence-corrected chi connectivity index (χ1v) is 3.01. The zero-order valence-electron chi connectivity index (χ0n) is 6.00. The van der Waals surface area contributed by atoms with Crippen LogP contribution in [0.4, 0.5) is 0 Å². The van der Waals surface area contributed by atoms with E-state index in [0.717, 1.165) is 5.56 Å². The molecule has 1 rings (SSSR count). The van der Waals surface area contributed by atoms with Crippen molar-refractivity contribution >= 4 is 5.97 Å². The molecule has 0 amide bonds. The second kappa shape index (κ2) is 4.77. The molecule has 1 aromatic carbocycles. The minimum Gasteiger partial charge on any atom is -0.478 e. The van der Waals surface area contributed by atoms with E-state index in [2.05, 4.69) is 0 Å². The van der Waals surface area contributed by atoms with Gasteiger partial charge in [0.25, 0.3) is 0 Å². The van der Waals surface area contributed by atoms with E-state index < -0.39 is 5.97 Å². The Labute approximate surface area is 96.1 Å². The van der Waals surface area contributed by atoms with Crippen molar-refractivity contribution in [2.45, 2.75) is 6.92 Å². The van der Waals surface area contributed by atoms with Crippen LogP contribution in [-0.2, 0) is 0 Å². The molecule has 0 saturated heterocycles. The number of hydrogen-bond donors (Lipinski definition) is 1. The van der Waals surface area contributed by atoms with E-state index in [0.29, 0.717) is 5.56 Å². The van der Waals surface area contributed by atoms with Gasteiger partial charge in [-0.1, -0.05) is 18.2 Å². The van der Waals surface area contributed by atoms with Crippen molar-refractivity contribution in [1.82, 2.24) is 0 Å². The van der Waals surface area contributed by atoms with Gasteiger partial charge in [-0.15, -0.1) is 0 Å². The molecule has 61 valence electrons. The Morgan fingerprint density at radius 1 is 1.36 bits per heavy atom. The monoisotopic (exact) mass is 295 g/mol. The standard InChI is InChI=1S/C8H8O2.Tb/c1-6-4-2-3-5-7(6)8(9)10;/h2-5H,1H3,(H,9,10);. The number of carbonyl (C=O) groups is 1. The molecule has 0 spiro atoms. The normalized spacial score (nSPS) is 8.45. The van der Waals surface area contributed by atoms with E-state index in [1.165, 1.54) is 0 Å². The van der Waals surface area contributed by atoms with Crippen molar-refractivity contribution in [3.8, 4) is 0 Å². The molecule has 3 heteroatoms. The molecule has 1 N–H and O–H groups in total. The van der Waals surface area contributed by atoms with E-state index in [-0.39, 0.29) is 38.6 Å². The molecule has 0 fully saturated rings. The van der Waals surface area contributed by atoms with Gasteiger partial charge in [-0.3, -0.25) is 0 Å². The van der Waals surface area contributed by atoms with Gasteiger partial charge in [0, 0.05) is 38.6 Å². The van der Waals surface area contributed by atoms with E-state index in [1.54, 1.807) is 25.1 Å². The fourth-order valence-electron chi connectivity index (χ4n) is 0.813. The smallest absolute Gasteiger partial charge is 0.335 e. The summed E-state index contributed by atoms with van der Waals surface area (Å²) in [5.41, 5.74) is 1.18. The van der Waals surface area contributed by atoms with Gasteiger partial charge >= 0.3 is 5.97 Å². The van der Waals surface area contributed by atoms with Crippen LogP contribution in [0, 0.1) is 45.5 Å². The minimum atomic E-state index is -0.863. The fraction of sp³-hybridized carbons (Fsp3) is 0.125. The molecule has 1 aromatic rings. The van der Waals surface area contributed by atoms with Crippen LogP contribution in [0.2, 0.25) is 0 Å². The number of carboxylic acid groups (broad SMARTS) is 1. The van der Waals surface area contributed by atoms with Gasteiger partial charge < -0.3 is 5.11 Å². The third-order valence-electron chi connectivity index (χ3n) is 1.38. The van der Waals surface area contributed by atoms with Gasteiger partial charge in [0.1, 0.15) is 0 Å². The summed E-state index contributed by atoms with van der Waals surface area (Å²) in [6.45, 7) is 1.78. The molecule has 0 bridgehead atoms. The number of aryl methyl sites for hydroxylation is 1. The molecule has 0 unspecified atom stereocenters. The first kappa shape index (κ1) is 11.0. The summed E-state index contributed by atoms with van der Waals surface area (Å²) in [6.07, 6.45) is 0. The summed E-state index contributed by atoms with van der Waals surface area (Å²) in [5.74, 6) is -0.863. The summed E-state index contributed by atoms with van der Waals surface area (Å²) >= 11 is 0. The van der Waals surface area contributed by atoms with Crippen LogP contribution < -0.4 is 0 Å². The van der Waals surface area contributed by atoms with Crippen LogP contribution in [-0.4, -0.2) is 11.1 Å². The van der Waals surface area contributed by atoms with E-state index in [4.69, 9.17) is 5.11 Å². The largest absolute Gasteiger partial charge is 0.478 e. The van der Waals surface area contributed by atoms with E-state index in [1.807, 2.05) is 6.07 Å². The number of hydrogen-bond acceptors (Lipinski definition) is 1. The number of rotatable bonds is 1. The number of benzene rings is 1. The van der Waals surface area contributed by atoms with Gasteiger partial charge in [-0.2, -0.15) is 0 Å². The van der Waals surface area contributed by atoms with Crippen molar-refractivity contribution in [2.75, 3.05) is 0 Å². The predicted molar refractivity (Wildman–Crippen MR) is 38.1 cm³/mol. The van der Waals surface area contributed by atoms with Gasteiger partial charge in [0.2, 0.25) is 0 Å². The molecule has 11 heavy (non-hydrogen) atoms. The molecule has 2 nitrogen and oxygen atoms in total. The molecule has 0 saturated carbocycles. The summed E-state index contributed by atoms with van der Waals surface area (Å²) < 4.78 is 0. The van der Waals surface area contributed by atoms with Crippen LogP contribution >= 0.6 is 0 Å². The molecule has 0 atom stereocenters. The van der Waals surface area contributed by atoms with E-state index >= 15 is 0 Å². The maximum atomic E-state index is 10.4. The minimum absolute atomic E-state index is 0. The summed E-state index contributed by atoms with van der Waals surface area (Å²) in [6, 6.07) is 6.92. The average molecular weight is 295 g/mol. The Balaban J connectivity index is 0.000001000. The van der Waals surface area contributed by atoms with Crippen molar-refractivity contribution in [2.24, 2.45) is 0 Å². The summed E-state index contributed by atoms with van der Waals surface area (Å²) in [4.78, 5) is 10.4. The topological polar surface area (TPSA) is 37.3 Å². The quantitative estimate of drug-likeness (QED) is 0.856. The molecular formula is C8H8O2Tb. The van der Waals surface area contributed by atoms with Crippen molar-refractivity contribution < 1.29 is 48.5 Å². The Kier molecular flexibility index (Phi) is 4.76. The maximum absolute atomic E-state index is 10.4.